The van der Waals surface area contributed by atoms with Crippen LogP contribution >= 0.6 is 11.3 Å². The summed E-state index contributed by atoms with van der Waals surface area (Å²) in [5.41, 5.74) is 1.79. The number of aromatic nitrogens is 2. The van der Waals surface area contributed by atoms with Crippen molar-refractivity contribution in [2.45, 2.75) is 25.3 Å². The highest BCUT2D eigenvalue weighted by atomic mass is 32.1. The lowest BCUT2D eigenvalue weighted by Crippen LogP contribution is -2.33. The van der Waals surface area contributed by atoms with Crippen molar-refractivity contribution in [3.63, 3.8) is 0 Å². The maximum Gasteiger partial charge on any atom is 0.228 e. The fourth-order valence-electron chi connectivity index (χ4n) is 3.18. The first-order valence-corrected chi connectivity index (χ1v) is 8.92. The van der Waals surface area contributed by atoms with E-state index in [2.05, 4.69) is 4.98 Å². The first kappa shape index (κ1) is 15.3. The lowest BCUT2D eigenvalue weighted by atomic mass is 10.0. The van der Waals surface area contributed by atoms with Gasteiger partial charge < -0.3 is 4.90 Å². The third kappa shape index (κ3) is 2.94. The minimum absolute atomic E-state index is 0.0156. The largest absolute Gasteiger partial charge is 0.338 e. The molecule has 1 saturated carbocycles. The summed E-state index contributed by atoms with van der Waals surface area (Å²) < 4.78 is 15.1. The van der Waals surface area contributed by atoms with Gasteiger partial charge in [0.2, 0.25) is 5.91 Å². The second-order valence-corrected chi connectivity index (χ2v) is 7.21. The van der Waals surface area contributed by atoms with Gasteiger partial charge in [0.05, 0.1) is 18.2 Å². The molecule has 1 unspecified atom stereocenters. The smallest absolute Gasteiger partial charge is 0.228 e. The molecule has 0 N–H and O–H groups in total. The van der Waals surface area contributed by atoms with Gasteiger partial charge in [-0.05, 0) is 36.5 Å². The van der Waals surface area contributed by atoms with Gasteiger partial charge >= 0.3 is 0 Å². The van der Waals surface area contributed by atoms with E-state index in [9.17, 15) is 9.18 Å². The monoisotopic (exact) mass is 343 g/mol. The summed E-state index contributed by atoms with van der Waals surface area (Å²) in [6.45, 7) is 0. The number of likely N-dealkylation sites (N-methyl/N-ethyl adjacent to an activating group) is 1. The van der Waals surface area contributed by atoms with Gasteiger partial charge in [-0.3, -0.25) is 9.20 Å². The first-order chi connectivity index (χ1) is 11.6. The van der Waals surface area contributed by atoms with Gasteiger partial charge in [0, 0.05) is 24.8 Å². The number of thiazole rings is 1. The Morgan fingerprint density at radius 1 is 1.42 bits per heavy atom. The van der Waals surface area contributed by atoms with Crippen LogP contribution in [0.15, 0.2) is 42.0 Å². The summed E-state index contributed by atoms with van der Waals surface area (Å²) in [7, 11) is 1.84. The van der Waals surface area contributed by atoms with E-state index < -0.39 is 0 Å². The quantitative estimate of drug-likeness (QED) is 0.709. The van der Waals surface area contributed by atoms with Crippen LogP contribution in [0.5, 0.6) is 0 Å². The van der Waals surface area contributed by atoms with Crippen molar-refractivity contribution in [3.05, 3.63) is 59.1 Å². The van der Waals surface area contributed by atoms with E-state index >= 15 is 0 Å². The summed E-state index contributed by atoms with van der Waals surface area (Å²) in [5.74, 6) is 0.261. The van der Waals surface area contributed by atoms with Crippen LogP contribution in [0.25, 0.3) is 4.96 Å². The molecular weight excluding hydrogens is 325 g/mol. The zero-order valence-corrected chi connectivity index (χ0v) is 14.2. The van der Waals surface area contributed by atoms with Crippen LogP contribution in [0.4, 0.5) is 4.39 Å². The van der Waals surface area contributed by atoms with E-state index in [1.807, 2.05) is 29.2 Å². The molecule has 0 aliphatic heterocycles. The highest BCUT2D eigenvalue weighted by Crippen LogP contribution is 2.44. The standard InChI is InChI=1S/C18H18FN3OS/c1-21(16(23)10-15-11-22-8-9-24-18(22)20-15)17(12-2-3-12)13-4-6-14(19)7-5-13/h4-9,11-12,17H,2-3,10H2,1H3. The average molecular weight is 343 g/mol. The van der Waals surface area contributed by atoms with Crippen LogP contribution in [0.3, 0.4) is 0 Å². The number of imidazole rings is 1. The minimum atomic E-state index is -0.250. The molecule has 124 valence electrons. The van der Waals surface area contributed by atoms with E-state index in [4.69, 9.17) is 0 Å². The van der Waals surface area contributed by atoms with Crippen LogP contribution in [0, 0.1) is 11.7 Å². The van der Waals surface area contributed by atoms with Crippen molar-refractivity contribution < 1.29 is 9.18 Å². The lowest BCUT2D eigenvalue weighted by Gasteiger charge is -2.28. The van der Waals surface area contributed by atoms with E-state index in [0.29, 0.717) is 5.92 Å². The van der Waals surface area contributed by atoms with E-state index in [1.165, 1.54) is 12.1 Å². The van der Waals surface area contributed by atoms with Gasteiger partial charge in [-0.1, -0.05) is 12.1 Å². The number of rotatable bonds is 5. The molecule has 1 aromatic carbocycles. The minimum Gasteiger partial charge on any atom is -0.338 e. The van der Waals surface area contributed by atoms with Crippen LogP contribution < -0.4 is 0 Å². The molecule has 3 aromatic rings. The van der Waals surface area contributed by atoms with Crippen molar-refractivity contribution in [1.29, 1.82) is 0 Å². The lowest BCUT2D eigenvalue weighted by molar-refractivity contribution is -0.131. The Morgan fingerprint density at radius 2 is 2.17 bits per heavy atom. The average Bonchev–Trinajstić information content (AvgIpc) is 3.17. The molecule has 1 fully saturated rings. The number of carbonyl (C=O) groups excluding carboxylic acids is 1. The molecule has 0 saturated heterocycles. The second kappa shape index (κ2) is 6.02. The Labute approximate surface area is 143 Å². The van der Waals surface area contributed by atoms with E-state index in [0.717, 1.165) is 29.1 Å². The molecule has 0 bridgehead atoms. The summed E-state index contributed by atoms with van der Waals surface area (Å²) in [6, 6.07) is 6.52. The zero-order chi connectivity index (χ0) is 16.7. The summed E-state index contributed by atoms with van der Waals surface area (Å²) in [6.07, 6.45) is 6.35. The summed E-state index contributed by atoms with van der Waals surface area (Å²) >= 11 is 1.55. The highest BCUT2D eigenvalue weighted by molar-refractivity contribution is 7.15. The van der Waals surface area contributed by atoms with E-state index in [-0.39, 0.29) is 24.2 Å². The number of amides is 1. The molecule has 2 aromatic heterocycles. The van der Waals surface area contributed by atoms with Gasteiger partial charge in [0.1, 0.15) is 5.82 Å². The van der Waals surface area contributed by atoms with Crippen molar-refractivity contribution in [2.24, 2.45) is 5.92 Å². The number of carbonyl (C=O) groups is 1. The fraction of sp³-hybridized carbons (Fsp3) is 0.333. The van der Waals surface area contributed by atoms with Gasteiger partial charge in [0.15, 0.2) is 4.96 Å². The van der Waals surface area contributed by atoms with Gasteiger partial charge in [-0.15, -0.1) is 11.3 Å². The van der Waals surface area contributed by atoms with Crippen LogP contribution in [-0.2, 0) is 11.2 Å². The van der Waals surface area contributed by atoms with Crippen molar-refractivity contribution in [3.8, 4) is 0 Å². The topological polar surface area (TPSA) is 37.6 Å². The number of nitrogens with zero attached hydrogens (tertiary/aromatic N) is 3. The molecule has 6 heteroatoms. The fourth-order valence-corrected chi connectivity index (χ4v) is 3.90. The Balaban J connectivity index is 1.53. The molecule has 2 heterocycles. The number of hydrogen-bond donors (Lipinski definition) is 0. The third-order valence-electron chi connectivity index (χ3n) is 4.57. The molecule has 1 amide bonds. The number of fused-ring (bicyclic) bond motifs is 1. The van der Waals surface area contributed by atoms with Crippen molar-refractivity contribution in [1.82, 2.24) is 14.3 Å². The zero-order valence-electron chi connectivity index (χ0n) is 13.4. The van der Waals surface area contributed by atoms with E-state index in [1.54, 1.807) is 28.4 Å². The Bertz CT molecular complexity index is 837. The summed E-state index contributed by atoms with van der Waals surface area (Å²) in [4.78, 5) is 19.9. The molecule has 1 aliphatic rings. The first-order valence-electron chi connectivity index (χ1n) is 8.04. The second-order valence-electron chi connectivity index (χ2n) is 6.34. The van der Waals surface area contributed by atoms with Gasteiger partial charge in [-0.2, -0.15) is 0 Å². The molecular formula is C18H18FN3OS. The van der Waals surface area contributed by atoms with Crippen molar-refractivity contribution >= 4 is 22.2 Å². The molecule has 1 aliphatic carbocycles. The maximum atomic E-state index is 13.2. The number of halogens is 1. The molecule has 4 nitrogen and oxygen atoms in total. The van der Waals surface area contributed by atoms with Crippen LogP contribution in [-0.4, -0.2) is 27.2 Å². The molecule has 1 atom stereocenters. The van der Waals surface area contributed by atoms with Crippen LogP contribution in [0.1, 0.15) is 30.1 Å². The SMILES string of the molecule is CN(C(=O)Cc1cn2ccsc2n1)C(c1ccc(F)cc1)C1CC1. The molecule has 0 spiro atoms. The summed E-state index contributed by atoms with van der Waals surface area (Å²) in [5, 5.41) is 1.97. The Kier molecular flexibility index (Phi) is 3.84. The highest BCUT2D eigenvalue weighted by Gasteiger charge is 2.36. The predicted octanol–water partition coefficient (Wildman–Crippen LogP) is 3.69. The third-order valence-corrected chi connectivity index (χ3v) is 5.34. The number of benzene rings is 1. The normalized spacial score (nSPS) is 15.6. The molecule has 4 rings (SSSR count). The van der Waals surface area contributed by atoms with Crippen molar-refractivity contribution in [2.75, 3.05) is 7.05 Å². The Morgan fingerprint density at radius 3 is 2.83 bits per heavy atom. The van der Waals surface area contributed by atoms with Crippen LogP contribution in [0.2, 0.25) is 0 Å². The number of hydrogen-bond acceptors (Lipinski definition) is 3. The predicted molar refractivity (Wildman–Crippen MR) is 91.4 cm³/mol. The maximum absolute atomic E-state index is 13.2. The molecule has 0 radical (unpaired) electrons. The van der Waals surface area contributed by atoms with Gasteiger partial charge in [0.25, 0.3) is 0 Å². The Hall–Kier alpha value is -2.21. The van der Waals surface area contributed by atoms with Gasteiger partial charge in [-0.25, -0.2) is 9.37 Å². The molecule has 24 heavy (non-hydrogen) atoms.